The number of rotatable bonds is 7. The van der Waals surface area contributed by atoms with Gasteiger partial charge in [0.1, 0.15) is 0 Å². The summed E-state index contributed by atoms with van der Waals surface area (Å²) in [5, 5.41) is 3.08. The Morgan fingerprint density at radius 3 is 2.61 bits per heavy atom. The molecule has 4 rings (SSSR count). The van der Waals surface area contributed by atoms with Crippen LogP contribution >= 0.6 is 11.6 Å². The van der Waals surface area contributed by atoms with Gasteiger partial charge in [0, 0.05) is 19.6 Å². The fraction of sp³-hybridized carbons (Fsp3) is 0.435. The quantitative estimate of drug-likeness (QED) is 0.632. The van der Waals surface area contributed by atoms with Crippen LogP contribution in [0.4, 0.5) is 5.69 Å². The molecule has 1 N–H and O–H groups in total. The average Bonchev–Trinajstić information content (AvgIpc) is 3.28. The lowest BCUT2D eigenvalue weighted by atomic mass is 10.1. The number of fused-ring (bicyclic) bond motifs is 1. The monoisotopic (exact) mass is 493 g/mol. The molecule has 1 atom stereocenters. The Morgan fingerprint density at radius 1 is 1.12 bits per heavy atom. The first-order valence-corrected chi connectivity index (χ1v) is 12.8. The van der Waals surface area contributed by atoms with Gasteiger partial charge in [-0.15, -0.1) is 0 Å². The van der Waals surface area contributed by atoms with E-state index in [0.717, 1.165) is 24.8 Å². The first-order valence-electron chi connectivity index (χ1n) is 10.9. The Kier molecular flexibility index (Phi) is 7.13. The number of likely N-dealkylation sites (N-methyl/N-ethyl adjacent to an activating group) is 1. The van der Waals surface area contributed by atoms with Crippen molar-refractivity contribution in [2.75, 3.05) is 32.2 Å². The second kappa shape index (κ2) is 9.89. The van der Waals surface area contributed by atoms with Crippen molar-refractivity contribution < 1.29 is 22.7 Å². The summed E-state index contributed by atoms with van der Waals surface area (Å²) in [6.45, 7) is 3.52. The Balaban J connectivity index is 1.44. The van der Waals surface area contributed by atoms with Crippen molar-refractivity contribution in [1.82, 2.24) is 9.21 Å². The maximum Gasteiger partial charge on any atom is 0.243 e. The average molecular weight is 494 g/mol. The van der Waals surface area contributed by atoms with Crippen molar-refractivity contribution in [1.29, 1.82) is 0 Å². The predicted octanol–water partition coefficient (Wildman–Crippen LogP) is 3.70. The van der Waals surface area contributed by atoms with Crippen LogP contribution in [-0.2, 0) is 21.4 Å². The van der Waals surface area contributed by atoms with Gasteiger partial charge in [-0.05, 0) is 62.7 Å². The third kappa shape index (κ3) is 5.27. The smallest absolute Gasteiger partial charge is 0.243 e. The predicted molar refractivity (Wildman–Crippen MR) is 126 cm³/mol. The van der Waals surface area contributed by atoms with Gasteiger partial charge < -0.3 is 14.8 Å². The second-order valence-electron chi connectivity index (χ2n) is 8.37. The van der Waals surface area contributed by atoms with Crippen LogP contribution in [-0.4, -0.2) is 56.5 Å². The Hall–Kier alpha value is -2.33. The minimum absolute atomic E-state index is 0.130. The molecule has 10 heteroatoms. The fourth-order valence-corrected chi connectivity index (χ4v) is 5.63. The number of halogens is 1. The molecule has 0 bridgehead atoms. The highest BCUT2D eigenvalue weighted by Crippen LogP contribution is 2.33. The number of hydrogen-bond acceptors (Lipinski definition) is 6. The highest BCUT2D eigenvalue weighted by molar-refractivity contribution is 7.89. The van der Waals surface area contributed by atoms with Crippen molar-refractivity contribution in [2.45, 2.75) is 43.7 Å². The summed E-state index contributed by atoms with van der Waals surface area (Å²) in [5.74, 6) is 1.12. The summed E-state index contributed by atoms with van der Waals surface area (Å²) in [6.07, 6.45) is 2.73. The molecule has 2 aromatic rings. The van der Waals surface area contributed by atoms with Gasteiger partial charge in [-0.3, -0.25) is 9.69 Å². The van der Waals surface area contributed by atoms with Crippen LogP contribution in [0.15, 0.2) is 41.3 Å². The van der Waals surface area contributed by atoms with Crippen molar-refractivity contribution >= 4 is 33.2 Å². The number of sulfonamides is 1. The van der Waals surface area contributed by atoms with Gasteiger partial charge in [0.2, 0.25) is 22.7 Å². The molecule has 8 nitrogen and oxygen atoms in total. The Bertz CT molecular complexity index is 1130. The molecule has 0 spiro atoms. The summed E-state index contributed by atoms with van der Waals surface area (Å²) in [4.78, 5) is 14.9. The Morgan fingerprint density at radius 2 is 1.85 bits per heavy atom. The lowest BCUT2D eigenvalue weighted by molar-refractivity contribution is -0.120. The van der Waals surface area contributed by atoms with E-state index >= 15 is 0 Å². The van der Waals surface area contributed by atoms with Crippen LogP contribution in [0.3, 0.4) is 0 Å². The maximum atomic E-state index is 13.0. The number of ether oxygens (including phenoxy) is 2. The molecule has 33 heavy (non-hydrogen) atoms. The molecule has 1 amide bonds. The summed E-state index contributed by atoms with van der Waals surface area (Å²) in [5.41, 5.74) is 1.26. The molecule has 0 saturated carbocycles. The molecule has 178 valence electrons. The number of amides is 1. The van der Waals surface area contributed by atoms with Crippen LogP contribution in [0.25, 0.3) is 0 Å². The van der Waals surface area contributed by atoms with Crippen LogP contribution in [0.2, 0.25) is 5.02 Å². The van der Waals surface area contributed by atoms with E-state index in [4.69, 9.17) is 21.1 Å². The third-order valence-corrected chi connectivity index (χ3v) is 8.28. The van der Waals surface area contributed by atoms with Gasteiger partial charge in [-0.1, -0.05) is 24.1 Å². The molecule has 2 aliphatic heterocycles. The SMILES string of the molecule is C[C@H](C(=O)Nc1cc(S(=O)(=O)N2CCCCC2)ccc1Cl)N(C)Cc1ccc2c(c1)OCO2. The fourth-order valence-electron chi connectivity index (χ4n) is 3.92. The van der Waals surface area contributed by atoms with Gasteiger partial charge in [0.25, 0.3) is 0 Å². The lowest BCUT2D eigenvalue weighted by Crippen LogP contribution is -2.39. The van der Waals surface area contributed by atoms with E-state index < -0.39 is 16.1 Å². The molecule has 0 unspecified atom stereocenters. The summed E-state index contributed by atoms with van der Waals surface area (Å²) in [6, 6.07) is 9.62. The number of nitrogens with one attached hydrogen (secondary N) is 1. The standard InChI is InChI=1S/C23H28ClN3O5S/c1-16(26(2)14-17-6-9-21-22(12-17)32-15-31-21)23(28)25-20-13-18(7-8-19(20)24)33(29,30)27-10-4-3-5-11-27/h6-9,12-13,16H,3-5,10-11,14-15H2,1-2H3,(H,25,28)/t16-/m1/s1. The third-order valence-electron chi connectivity index (χ3n) is 6.06. The minimum Gasteiger partial charge on any atom is -0.454 e. The van der Waals surface area contributed by atoms with E-state index in [0.29, 0.717) is 31.1 Å². The lowest BCUT2D eigenvalue weighted by Gasteiger charge is -2.26. The maximum absolute atomic E-state index is 13.0. The molecule has 0 aromatic heterocycles. The minimum atomic E-state index is -3.63. The topological polar surface area (TPSA) is 88.2 Å². The van der Waals surface area contributed by atoms with Gasteiger partial charge >= 0.3 is 0 Å². The van der Waals surface area contributed by atoms with E-state index in [1.165, 1.54) is 22.5 Å². The molecule has 1 saturated heterocycles. The van der Waals surface area contributed by atoms with Gasteiger partial charge in [0.05, 0.1) is 21.6 Å². The normalized spacial score (nSPS) is 17.2. The van der Waals surface area contributed by atoms with E-state index in [1.54, 1.807) is 6.92 Å². The largest absolute Gasteiger partial charge is 0.454 e. The van der Waals surface area contributed by atoms with Crippen molar-refractivity contribution in [3.05, 3.63) is 47.0 Å². The first kappa shape index (κ1) is 23.8. The zero-order valence-corrected chi connectivity index (χ0v) is 20.3. The zero-order chi connectivity index (χ0) is 23.6. The molecule has 1 fully saturated rings. The number of anilines is 1. The van der Waals surface area contributed by atoms with Gasteiger partial charge in [0.15, 0.2) is 11.5 Å². The van der Waals surface area contributed by atoms with Crippen LogP contribution in [0.1, 0.15) is 31.7 Å². The highest BCUT2D eigenvalue weighted by Gasteiger charge is 2.27. The number of carbonyl (C=O) groups is 1. The van der Waals surface area contributed by atoms with Gasteiger partial charge in [-0.25, -0.2) is 8.42 Å². The number of carbonyl (C=O) groups excluding carboxylic acids is 1. The van der Waals surface area contributed by atoms with E-state index in [-0.39, 0.29) is 28.3 Å². The van der Waals surface area contributed by atoms with Crippen LogP contribution < -0.4 is 14.8 Å². The molecule has 0 aliphatic carbocycles. The molecular weight excluding hydrogens is 466 g/mol. The molecular formula is C23H28ClN3O5S. The van der Waals surface area contributed by atoms with Crippen molar-refractivity contribution in [3.63, 3.8) is 0 Å². The first-order chi connectivity index (χ1) is 15.8. The molecule has 0 radical (unpaired) electrons. The number of piperidine rings is 1. The van der Waals surface area contributed by atoms with E-state index in [1.807, 2.05) is 30.1 Å². The second-order valence-corrected chi connectivity index (χ2v) is 10.7. The van der Waals surface area contributed by atoms with Crippen LogP contribution in [0.5, 0.6) is 11.5 Å². The van der Waals surface area contributed by atoms with Crippen molar-refractivity contribution in [2.24, 2.45) is 0 Å². The van der Waals surface area contributed by atoms with Crippen LogP contribution in [0, 0.1) is 0 Å². The van der Waals surface area contributed by atoms with Crippen molar-refractivity contribution in [3.8, 4) is 11.5 Å². The number of hydrogen-bond donors (Lipinski definition) is 1. The Labute approximate surface area is 199 Å². The number of benzene rings is 2. The summed E-state index contributed by atoms with van der Waals surface area (Å²) < 4.78 is 38.3. The van der Waals surface area contributed by atoms with E-state index in [2.05, 4.69) is 5.32 Å². The summed E-state index contributed by atoms with van der Waals surface area (Å²) in [7, 11) is -1.79. The number of nitrogens with zero attached hydrogens (tertiary/aromatic N) is 2. The highest BCUT2D eigenvalue weighted by atomic mass is 35.5. The zero-order valence-electron chi connectivity index (χ0n) is 18.7. The van der Waals surface area contributed by atoms with Gasteiger partial charge in [-0.2, -0.15) is 4.31 Å². The molecule has 2 aliphatic rings. The van der Waals surface area contributed by atoms with E-state index in [9.17, 15) is 13.2 Å². The summed E-state index contributed by atoms with van der Waals surface area (Å²) >= 11 is 6.28. The molecule has 2 aromatic carbocycles. The molecule has 2 heterocycles.